The van der Waals surface area contributed by atoms with Crippen LogP contribution in [0.2, 0.25) is 0 Å². The van der Waals surface area contributed by atoms with Crippen molar-refractivity contribution in [1.29, 1.82) is 5.26 Å². The summed E-state index contributed by atoms with van der Waals surface area (Å²) >= 11 is 0. The molecule has 2 aromatic rings. The van der Waals surface area contributed by atoms with E-state index >= 15 is 0 Å². The topological polar surface area (TPSA) is 39.5 Å². The van der Waals surface area contributed by atoms with Crippen LogP contribution in [0.15, 0.2) is 48.5 Å². The molecule has 1 aliphatic heterocycles. The summed E-state index contributed by atoms with van der Waals surface area (Å²) in [6, 6.07) is 14.5. The molecule has 0 N–H and O–H groups in total. The SMILES string of the molecule is N#Cc1ccc(OCCN2CCN(c3cccc(C(F)(F)F)c3)CC2)cc1. The first-order valence-corrected chi connectivity index (χ1v) is 8.73. The fourth-order valence-corrected chi connectivity index (χ4v) is 3.03. The highest BCUT2D eigenvalue weighted by molar-refractivity contribution is 5.49. The smallest absolute Gasteiger partial charge is 0.416 e. The molecule has 142 valence electrons. The van der Waals surface area contributed by atoms with Crippen LogP contribution < -0.4 is 9.64 Å². The van der Waals surface area contributed by atoms with Crippen molar-refractivity contribution in [3.8, 4) is 11.8 Å². The molecule has 0 amide bonds. The third kappa shape index (κ3) is 5.14. The van der Waals surface area contributed by atoms with Crippen LogP contribution in [-0.2, 0) is 6.18 Å². The van der Waals surface area contributed by atoms with E-state index in [9.17, 15) is 13.2 Å². The van der Waals surface area contributed by atoms with Gasteiger partial charge in [-0.25, -0.2) is 0 Å². The minimum atomic E-state index is -4.32. The molecule has 0 aromatic heterocycles. The number of nitriles is 1. The molecular formula is C20H20F3N3O. The van der Waals surface area contributed by atoms with E-state index in [1.807, 2.05) is 4.90 Å². The van der Waals surface area contributed by atoms with Crippen molar-refractivity contribution < 1.29 is 17.9 Å². The molecule has 1 fully saturated rings. The van der Waals surface area contributed by atoms with Gasteiger partial charge in [-0.15, -0.1) is 0 Å². The van der Waals surface area contributed by atoms with Crippen LogP contribution in [0.1, 0.15) is 11.1 Å². The molecule has 0 bridgehead atoms. The van der Waals surface area contributed by atoms with E-state index < -0.39 is 11.7 Å². The average molecular weight is 375 g/mol. The number of nitrogens with zero attached hydrogens (tertiary/aromatic N) is 3. The lowest BCUT2D eigenvalue weighted by Gasteiger charge is -2.36. The Labute approximate surface area is 156 Å². The van der Waals surface area contributed by atoms with Crippen molar-refractivity contribution in [2.24, 2.45) is 0 Å². The second-order valence-electron chi connectivity index (χ2n) is 6.36. The van der Waals surface area contributed by atoms with Gasteiger partial charge in [-0.3, -0.25) is 4.90 Å². The molecule has 0 aliphatic carbocycles. The summed E-state index contributed by atoms with van der Waals surface area (Å²) in [5.74, 6) is 0.719. The maximum atomic E-state index is 12.9. The van der Waals surface area contributed by atoms with Gasteiger partial charge < -0.3 is 9.64 Å². The monoisotopic (exact) mass is 375 g/mol. The molecule has 3 rings (SSSR count). The second kappa shape index (κ2) is 8.31. The van der Waals surface area contributed by atoms with Crippen LogP contribution in [0.25, 0.3) is 0 Å². The standard InChI is InChI=1S/C20H20F3N3O/c21-20(22,23)17-2-1-3-18(14-17)26-10-8-25(9-11-26)12-13-27-19-6-4-16(15-24)5-7-19/h1-7,14H,8-13H2. The zero-order chi connectivity index (χ0) is 19.3. The van der Waals surface area contributed by atoms with E-state index in [4.69, 9.17) is 10.00 Å². The number of halogens is 3. The summed E-state index contributed by atoms with van der Waals surface area (Å²) in [4.78, 5) is 4.21. The fourth-order valence-electron chi connectivity index (χ4n) is 3.03. The molecule has 2 aromatic carbocycles. The lowest BCUT2D eigenvalue weighted by atomic mass is 10.1. The number of piperazine rings is 1. The van der Waals surface area contributed by atoms with Gasteiger partial charge in [0.25, 0.3) is 0 Å². The number of hydrogen-bond acceptors (Lipinski definition) is 4. The van der Waals surface area contributed by atoms with Crippen molar-refractivity contribution in [3.05, 3.63) is 59.7 Å². The Morgan fingerprint density at radius 2 is 1.70 bits per heavy atom. The van der Waals surface area contributed by atoms with Gasteiger partial charge in [0.15, 0.2) is 0 Å². The summed E-state index contributed by atoms with van der Waals surface area (Å²) < 4.78 is 44.3. The van der Waals surface area contributed by atoms with E-state index in [0.29, 0.717) is 30.9 Å². The minimum absolute atomic E-state index is 0.523. The van der Waals surface area contributed by atoms with Crippen LogP contribution in [0.3, 0.4) is 0 Å². The maximum Gasteiger partial charge on any atom is 0.416 e. The normalized spacial score (nSPS) is 15.4. The zero-order valence-electron chi connectivity index (χ0n) is 14.7. The molecule has 4 nitrogen and oxygen atoms in total. The van der Waals surface area contributed by atoms with Gasteiger partial charge in [0, 0.05) is 38.4 Å². The minimum Gasteiger partial charge on any atom is -0.492 e. The molecule has 1 heterocycles. The Kier molecular flexibility index (Phi) is 5.87. The van der Waals surface area contributed by atoms with Crippen molar-refractivity contribution in [1.82, 2.24) is 4.90 Å². The summed E-state index contributed by atoms with van der Waals surface area (Å²) in [6.07, 6.45) is -4.32. The van der Waals surface area contributed by atoms with E-state index in [0.717, 1.165) is 31.5 Å². The number of benzene rings is 2. The first-order valence-electron chi connectivity index (χ1n) is 8.73. The van der Waals surface area contributed by atoms with Crippen LogP contribution in [0.5, 0.6) is 5.75 Å². The molecule has 1 saturated heterocycles. The molecule has 0 radical (unpaired) electrons. The summed E-state index contributed by atoms with van der Waals surface area (Å²) in [7, 11) is 0. The first kappa shape index (κ1) is 19.1. The first-order chi connectivity index (χ1) is 13.0. The highest BCUT2D eigenvalue weighted by Gasteiger charge is 2.31. The van der Waals surface area contributed by atoms with Gasteiger partial charge in [-0.2, -0.15) is 18.4 Å². The number of anilines is 1. The average Bonchev–Trinajstić information content (AvgIpc) is 2.68. The predicted octanol–water partition coefficient (Wildman–Crippen LogP) is 3.78. The quantitative estimate of drug-likeness (QED) is 0.797. The third-order valence-electron chi connectivity index (χ3n) is 4.57. The molecule has 0 spiro atoms. The molecule has 1 aliphatic rings. The largest absolute Gasteiger partial charge is 0.492 e. The van der Waals surface area contributed by atoms with E-state index in [2.05, 4.69) is 11.0 Å². The Morgan fingerprint density at radius 3 is 2.33 bits per heavy atom. The maximum absolute atomic E-state index is 12.9. The Balaban J connectivity index is 1.45. The van der Waals surface area contributed by atoms with E-state index in [1.54, 1.807) is 30.3 Å². The van der Waals surface area contributed by atoms with Gasteiger partial charge in [-0.1, -0.05) is 6.07 Å². The predicted molar refractivity (Wildman–Crippen MR) is 96.7 cm³/mol. The van der Waals surface area contributed by atoms with Gasteiger partial charge in [0.1, 0.15) is 12.4 Å². The van der Waals surface area contributed by atoms with Crippen molar-refractivity contribution in [2.75, 3.05) is 44.2 Å². The van der Waals surface area contributed by atoms with Gasteiger partial charge in [0.2, 0.25) is 0 Å². The molecule has 7 heteroatoms. The van der Waals surface area contributed by atoms with Crippen LogP contribution in [0.4, 0.5) is 18.9 Å². The lowest BCUT2D eigenvalue weighted by Crippen LogP contribution is -2.47. The highest BCUT2D eigenvalue weighted by atomic mass is 19.4. The number of rotatable bonds is 5. The molecule has 27 heavy (non-hydrogen) atoms. The summed E-state index contributed by atoms with van der Waals surface area (Å²) in [5.41, 5.74) is 0.588. The molecular weight excluding hydrogens is 355 g/mol. The van der Waals surface area contributed by atoms with Gasteiger partial charge >= 0.3 is 6.18 Å². The van der Waals surface area contributed by atoms with Crippen LogP contribution in [-0.4, -0.2) is 44.2 Å². The molecule has 0 unspecified atom stereocenters. The number of hydrogen-bond donors (Lipinski definition) is 0. The number of alkyl halides is 3. The lowest BCUT2D eigenvalue weighted by molar-refractivity contribution is -0.137. The van der Waals surface area contributed by atoms with Crippen LogP contribution >= 0.6 is 0 Å². The van der Waals surface area contributed by atoms with Crippen molar-refractivity contribution in [2.45, 2.75) is 6.18 Å². The Morgan fingerprint density at radius 1 is 1.00 bits per heavy atom. The zero-order valence-corrected chi connectivity index (χ0v) is 14.7. The van der Waals surface area contributed by atoms with E-state index in [1.165, 1.54) is 12.1 Å². The number of ether oxygens (including phenoxy) is 1. The summed E-state index contributed by atoms with van der Waals surface area (Å²) in [6.45, 7) is 4.17. The van der Waals surface area contributed by atoms with Crippen LogP contribution in [0, 0.1) is 11.3 Å². The van der Waals surface area contributed by atoms with Gasteiger partial charge in [0.05, 0.1) is 17.2 Å². The van der Waals surface area contributed by atoms with Crippen molar-refractivity contribution >= 4 is 5.69 Å². The van der Waals surface area contributed by atoms with Gasteiger partial charge in [-0.05, 0) is 42.5 Å². The summed E-state index contributed by atoms with van der Waals surface area (Å²) in [5, 5.41) is 8.78. The molecule has 0 saturated carbocycles. The second-order valence-corrected chi connectivity index (χ2v) is 6.36. The Bertz CT molecular complexity index is 791. The molecule has 0 atom stereocenters. The van der Waals surface area contributed by atoms with Crippen molar-refractivity contribution in [3.63, 3.8) is 0 Å². The highest BCUT2D eigenvalue weighted by Crippen LogP contribution is 2.31. The third-order valence-corrected chi connectivity index (χ3v) is 4.57. The Hall–Kier alpha value is -2.72. The fraction of sp³-hybridized carbons (Fsp3) is 0.350. The van der Waals surface area contributed by atoms with E-state index in [-0.39, 0.29) is 0 Å².